The maximum absolute atomic E-state index is 5.57. The van der Waals surface area contributed by atoms with Crippen molar-refractivity contribution >= 4 is 22.6 Å². The van der Waals surface area contributed by atoms with Gasteiger partial charge in [-0.25, -0.2) is 9.20 Å². The molecule has 3 heterocycles. The molecule has 92 valence electrons. The van der Waals surface area contributed by atoms with Crippen LogP contribution in [-0.4, -0.2) is 29.6 Å². The highest BCUT2D eigenvalue weighted by atomic mass is 15.4. The smallest absolute Gasteiger partial charge is 0.240 e. The zero-order valence-electron chi connectivity index (χ0n) is 9.80. The Morgan fingerprint density at radius 2 is 1.95 bits per heavy atom. The summed E-state index contributed by atoms with van der Waals surface area (Å²) in [6, 6.07) is 11.5. The number of hydrogen-bond donors (Lipinski definition) is 1. The molecule has 0 saturated heterocycles. The number of rotatable bonds is 1. The number of anilines is 1. The van der Waals surface area contributed by atoms with Gasteiger partial charge < -0.3 is 5.73 Å². The van der Waals surface area contributed by atoms with E-state index >= 15 is 0 Å². The van der Waals surface area contributed by atoms with Gasteiger partial charge in [0.15, 0.2) is 5.65 Å². The van der Waals surface area contributed by atoms with E-state index in [0.29, 0.717) is 5.65 Å². The molecule has 1 aromatic carbocycles. The fraction of sp³-hybridized carbons (Fsp3) is 0. The molecular formula is C12H9N7. The van der Waals surface area contributed by atoms with Gasteiger partial charge >= 0.3 is 0 Å². The molecule has 7 heteroatoms. The first-order valence-corrected chi connectivity index (χ1v) is 5.74. The lowest BCUT2D eigenvalue weighted by atomic mass is 10.3. The van der Waals surface area contributed by atoms with Gasteiger partial charge in [0.25, 0.3) is 0 Å². The summed E-state index contributed by atoms with van der Waals surface area (Å²) >= 11 is 0. The van der Waals surface area contributed by atoms with Gasteiger partial charge in [-0.1, -0.05) is 17.3 Å². The van der Waals surface area contributed by atoms with E-state index in [1.165, 1.54) is 0 Å². The number of para-hydroxylation sites is 1. The number of nitrogen functional groups attached to an aromatic ring is 1. The Morgan fingerprint density at radius 1 is 1.05 bits per heavy atom. The van der Waals surface area contributed by atoms with Crippen LogP contribution in [0.5, 0.6) is 0 Å². The second kappa shape index (κ2) is 3.52. The van der Waals surface area contributed by atoms with Crippen LogP contribution in [-0.2, 0) is 0 Å². The average molecular weight is 251 g/mol. The summed E-state index contributed by atoms with van der Waals surface area (Å²) in [4.78, 5) is 4.08. The molecule has 0 bridgehead atoms. The Kier molecular flexibility index (Phi) is 1.85. The molecule has 4 aromatic rings. The van der Waals surface area contributed by atoms with Gasteiger partial charge in [0, 0.05) is 0 Å². The number of hydrogen-bond acceptors (Lipinski definition) is 5. The number of aromatic nitrogens is 6. The molecule has 0 fully saturated rings. The van der Waals surface area contributed by atoms with Crippen LogP contribution in [0.2, 0.25) is 0 Å². The van der Waals surface area contributed by atoms with Crippen LogP contribution in [0.1, 0.15) is 0 Å². The van der Waals surface area contributed by atoms with Gasteiger partial charge in [0.1, 0.15) is 5.52 Å². The normalized spacial score (nSPS) is 11.4. The van der Waals surface area contributed by atoms with Gasteiger partial charge in [-0.3, -0.25) is 0 Å². The zero-order valence-corrected chi connectivity index (χ0v) is 9.80. The topological polar surface area (TPSA) is 86.9 Å². The van der Waals surface area contributed by atoms with Crippen molar-refractivity contribution in [3.63, 3.8) is 0 Å². The first-order valence-electron chi connectivity index (χ1n) is 5.74. The summed E-state index contributed by atoms with van der Waals surface area (Å²) in [7, 11) is 0. The lowest BCUT2D eigenvalue weighted by molar-refractivity contribution is 0.811. The second-order valence-electron chi connectivity index (χ2n) is 4.15. The molecule has 0 spiro atoms. The molecule has 0 aliphatic carbocycles. The van der Waals surface area contributed by atoms with E-state index in [4.69, 9.17) is 5.73 Å². The molecule has 0 saturated carbocycles. The van der Waals surface area contributed by atoms with Gasteiger partial charge in [-0.05, 0) is 24.3 Å². The molecule has 0 unspecified atom stereocenters. The maximum Gasteiger partial charge on any atom is 0.240 e. The van der Waals surface area contributed by atoms with Crippen molar-refractivity contribution in [2.75, 3.05) is 5.73 Å². The molecule has 0 aliphatic heterocycles. The average Bonchev–Trinajstić information content (AvgIpc) is 2.99. The summed E-state index contributed by atoms with van der Waals surface area (Å²) in [5.74, 6) is 0.251. The zero-order chi connectivity index (χ0) is 12.8. The highest BCUT2D eigenvalue weighted by Gasteiger charge is 2.07. The van der Waals surface area contributed by atoms with Crippen LogP contribution in [0, 0.1) is 0 Å². The van der Waals surface area contributed by atoms with Crippen molar-refractivity contribution in [3.8, 4) is 5.69 Å². The Hall–Kier alpha value is -2.96. The third kappa shape index (κ3) is 1.45. The van der Waals surface area contributed by atoms with Crippen LogP contribution in [0.15, 0.2) is 42.6 Å². The summed E-state index contributed by atoms with van der Waals surface area (Å²) in [5.41, 5.74) is 8.91. The Labute approximate surface area is 107 Å². The summed E-state index contributed by atoms with van der Waals surface area (Å²) in [5, 5.41) is 12.4. The number of nitrogens with zero attached hydrogens (tertiary/aromatic N) is 6. The molecule has 3 aromatic heterocycles. The van der Waals surface area contributed by atoms with Gasteiger partial charge in [0.2, 0.25) is 5.95 Å². The lowest BCUT2D eigenvalue weighted by Crippen LogP contribution is -1.99. The predicted molar refractivity (Wildman–Crippen MR) is 69.8 cm³/mol. The number of benzene rings is 1. The first-order chi connectivity index (χ1) is 9.31. The number of nitrogens with two attached hydrogens (primary N) is 1. The van der Waals surface area contributed by atoms with E-state index in [1.807, 2.05) is 42.6 Å². The van der Waals surface area contributed by atoms with Crippen LogP contribution < -0.4 is 5.73 Å². The molecule has 4 rings (SSSR count). The van der Waals surface area contributed by atoms with E-state index in [9.17, 15) is 0 Å². The molecule has 19 heavy (non-hydrogen) atoms. The molecule has 7 nitrogen and oxygen atoms in total. The second-order valence-corrected chi connectivity index (χ2v) is 4.15. The SMILES string of the molecule is Nc1nc2ccc(-n3nnc4ccccc43)cn2n1. The summed E-state index contributed by atoms with van der Waals surface area (Å²) in [6.07, 6.45) is 1.82. The molecule has 0 aliphatic rings. The molecule has 0 amide bonds. The first kappa shape index (κ1) is 10.0. The fourth-order valence-corrected chi connectivity index (χ4v) is 2.07. The Bertz CT molecular complexity index is 889. The predicted octanol–water partition coefficient (Wildman–Crippen LogP) is 1.05. The van der Waals surface area contributed by atoms with Crippen molar-refractivity contribution in [1.29, 1.82) is 0 Å². The fourth-order valence-electron chi connectivity index (χ4n) is 2.07. The Morgan fingerprint density at radius 3 is 2.89 bits per heavy atom. The molecule has 0 atom stereocenters. The van der Waals surface area contributed by atoms with Crippen molar-refractivity contribution in [1.82, 2.24) is 29.6 Å². The van der Waals surface area contributed by atoms with Crippen molar-refractivity contribution < 1.29 is 0 Å². The van der Waals surface area contributed by atoms with Gasteiger partial charge in [0.05, 0.1) is 17.4 Å². The third-order valence-electron chi connectivity index (χ3n) is 2.93. The number of fused-ring (bicyclic) bond motifs is 2. The standard InChI is InChI=1S/C12H9N7/c13-12-14-11-6-5-8(7-18(11)16-12)19-10-4-2-1-3-9(10)15-17-19/h1-7H,(H2,13,16). The van der Waals surface area contributed by atoms with Crippen molar-refractivity contribution in [3.05, 3.63) is 42.6 Å². The van der Waals surface area contributed by atoms with E-state index < -0.39 is 0 Å². The molecule has 2 N–H and O–H groups in total. The van der Waals surface area contributed by atoms with Crippen LogP contribution in [0.4, 0.5) is 5.95 Å². The summed E-state index contributed by atoms with van der Waals surface area (Å²) in [6.45, 7) is 0. The Balaban J connectivity index is 1.98. The minimum Gasteiger partial charge on any atom is -0.366 e. The quantitative estimate of drug-likeness (QED) is 0.546. The van der Waals surface area contributed by atoms with Crippen LogP contribution in [0.3, 0.4) is 0 Å². The van der Waals surface area contributed by atoms with E-state index in [0.717, 1.165) is 16.7 Å². The van der Waals surface area contributed by atoms with Crippen molar-refractivity contribution in [2.24, 2.45) is 0 Å². The minimum absolute atomic E-state index is 0.251. The maximum atomic E-state index is 5.57. The third-order valence-corrected chi connectivity index (χ3v) is 2.93. The monoisotopic (exact) mass is 251 g/mol. The van der Waals surface area contributed by atoms with E-state index in [1.54, 1.807) is 9.20 Å². The highest BCUT2D eigenvalue weighted by Crippen LogP contribution is 2.16. The van der Waals surface area contributed by atoms with Gasteiger partial charge in [-0.2, -0.15) is 4.98 Å². The van der Waals surface area contributed by atoms with Crippen LogP contribution >= 0.6 is 0 Å². The van der Waals surface area contributed by atoms with Crippen molar-refractivity contribution in [2.45, 2.75) is 0 Å². The van der Waals surface area contributed by atoms with Gasteiger partial charge in [-0.15, -0.1) is 10.2 Å². The minimum atomic E-state index is 0.251. The molecule has 0 radical (unpaired) electrons. The lowest BCUT2D eigenvalue weighted by Gasteiger charge is -2.01. The van der Waals surface area contributed by atoms with E-state index in [2.05, 4.69) is 20.4 Å². The van der Waals surface area contributed by atoms with E-state index in [-0.39, 0.29) is 5.95 Å². The molecular weight excluding hydrogens is 242 g/mol. The number of pyridine rings is 1. The van der Waals surface area contributed by atoms with Crippen LogP contribution in [0.25, 0.3) is 22.4 Å². The summed E-state index contributed by atoms with van der Waals surface area (Å²) < 4.78 is 3.38. The largest absolute Gasteiger partial charge is 0.366 e. The highest BCUT2D eigenvalue weighted by molar-refractivity contribution is 5.75.